The number of hydrogen-bond acceptors (Lipinski definition) is 7. The number of allylic oxidation sites excluding steroid dienone is 1. The van der Waals surface area contributed by atoms with Crippen molar-refractivity contribution in [1.29, 1.82) is 0 Å². The molecule has 3 rings (SSSR count). The van der Waals surface area contributed by atoms with E-state index < -0.39 is 0 Å². The quantitative estimate of drug-likeness (QED) is 0.189. The summed E-state index contributed by atoms with van der Waals surface area (Å²) in [6, 6.07) is 2.03. The van der Waals surface area contributed by atoms with Crippen LogP contribution in [0.1, 0.15) is 41.6 Å². The normalized spacial score (nSPS) is 14.0. The van der Waals surface area contributed by atoms with E-state index in [0.29, 0.717) is 25.1 Å². The van der Waals surface area contributed by atoms with Gasteiger partial charge >= 0.3 is 0 Å². The Morgan fingerprint density at radius 2 is 2.11 bits per heavy atom. The summed E-state index contributed by atoms with van der Waals surface area (Å²) in [6.45, 7) is 4.92. The number of hydrogen-bond donors (Lipinski definition) is 5. The van der Waals surface area contributed by atoms with Crippen LogP contribution in [0.4, 0.5) is 0 Å². The number of carbonyl (C=O) groups excluding carboxylic acids is 2. The van der Waals surface area contributed by atoms with Crippen LogP contribution in [0.2, 0.25) is 5.02 Å². The van der Waals surface area contributed by atoms with Crippen LogP contribution >= 0.6 is 11.6 Å². The summed E-state index contributed by atoms with van der Waals surface area (Å²) in [6.07, 6.45) is 7.68. The number of aldehydes is 1. The largest absolute Gasteiger partial charge is 0.398 e. The van der Waals surface area contributed by atoms with E-state index in [4.69, 9.17) is 33.0 Å². The van der Waals surface area contributed by atoms with E-state index in [2.05, 4.69) is 27.2 Å². The van der Waals surface area contributed by atoms with Gasteiger partial charge in [0.25, 0.3) is 0 Å². The second-order valence-electron chi connectivity index (χ2n) is 8.54. The minimum Gasteiger partial charge on any atom is -0.398 e. The zero-order valence-electron chi connectivity index (χ0n) is 20.6. The van der Waals surface area contributed by atoms with Crippen molar-refractivity contribution < 1.29 is 14.7 Å². The Morgan fingerprint density at radius 1 is 1.37 bits per heavy atom. The summed E-state index contributed by atoms with van der Waals surface area (Å²) in [4.78, 5) is 30.8. The summed E-state index contributed by atoms with van der Waals surface area (Å²) in [5.74, 6) is -0.0940. The number of aliphatic hydroxyl groups is 1. The second-order valence-corrected chi connectivity index (χ2v) is 8.91. The molecular weight excluding hydrogens is 468 g/mol. The topological polar surface area (TPSA) is 150 Å². The number of nitrogens with two attached hydrogens (primary N) is 2. The van der Waals surface area contributed by atoms with Crippen LogP contribution in [0, 0.1) is 6.92 Å². The van der Waals surface area contributed by atoms with Crippen LogP contribution in [0.5, 0.6) is 0 Å². The summed E-state index contributed by atoms with van der Waals surface area (Å²) in [5.41, 5.74) is 17.8. The van der Waals surface area contributed by atoms with Crippen molar-refractivity contribution >= 4 is 46.6 Å². The number of likely N-dealkylation sites (N-methyl/N-ethyl adjacent to an activating group) is 1. The van der Waals surface area contributed by atoms with E-state index >= 15 is 0 Å². The minimum absolute atomic E-state index is 0.0834. The molecule has 0 spiro atoms. The van der Waals surface area contributed by atoms with E-state index in [0.717, 1.165) is 65.8 Å². The number of halogens is 1. The lowest BCUT2D eigenvalue weighted by Crippen LogP contribution is -2.26. The Morgan fingerprint density at radius 3 is 2.80 bits per heavy atom. The van der Waals surface area contributed by atoms with Crippen molar-refractivity contribution in [3.8, 4) is 0 Å². The smallest absolute Gasteiger partial charge is 0.241 e. The van der Waals surface area contributed by atoms with Crippen LogP contribution in [0.15, 0.2) is 17.1 Å². The van der Waals surface area contributed by atoms with Crippen LogP contribution in [0.25, 0.3) is 16.6 Å². The molecule has 9 nitrogen and oxygen atoms in total. The molecule has 2 aromatic rings. The first-order chi connectivity index (χ1) is 16.8. The zero-order valence-corrected chi connectivity index (χ0v) is 21.3. The highest BCUT2D eigenvalue weighted by molar-refractivity contribution is 6.36. The monoisotopic (exact) mass is 504 g/mol. The molecule has 1 aliphatic rings. The van der Waals surface area contributed by atoms with Gasteiger partial charge in [0, 0.05) is 54.6 Å². The predicted molar refractivity (Wildman–Crippen MR) is 143 cm³/mol. The van der Waals surface area contributed by atoms with E-state index in [9.17, 15) is 4.79 Å². The number of fused-ring (bicyclic) bond motifs is 3. The van der Waals surface area contributed by atoms with Crippen molar-refractivity contribution in [2.75, 3.05) is 39.8 Å². The number of nitrogens with one attached hydrogen (secondary N) is 2. The number of H-pyrrole nitrogens is 1. The van der Waals surface area contributed by atoms with E-state index in [1.807, 2.05) is 13.0 Å². The number of aliphatic hydroxyl groups excluding tert-OH is 1. The van der Waals surface area contributed by atoms with E-state index in [1.165, 1.54) is 11.3 Å². The maximum atomic E-state index is 11.9. The first kappa shape index (κ1) is 28.5. The lowest BCUT2D eigenvalue weighted by Gasteiger charge is -2.23. The van der Waals surface area contributed by atoms with Gasteiger partial charge < -0.3 is 36.6 Å². The van der Waals surface area contributed by atoms with E-state index in [-0.39, 0.29) is 19.1 Å². The Hall–Kier alpha value is -2.72. The molecule has 0 aliphatic carbocycles. The minimum atomic E-state index is -0.361. The number of aromatic amines is 1. The van der Waals surface area contributed by atoms with Gasteiger partial charge in [-0.25, -0.2) is 0 Å². The standard InChI is InChI=1S/C23H33ClN6O.C2H4O2/c1-15-12-16(18(26)6-10-27-13-20(31)28-9-5-3-4-8-25)21-17-14-30(2)11-7-19(17)29-23(21)22(15)24;3-1-2-4/h6,10,12,29H,3-5,7-9,11,13-14,25-26H2,1-2H3,(H,28,31);1,4H,2H2/b18-6-,27-10?;. The highest BCUT2D eigenvalue weighted by atomic mass is 35.5. The van der Waals surface area contributed by atoms with Crippen LogP contribution < -0.4 is 16.8 Å². The fourth-order valence-electron chi connectivity index (χ4n) is 3.96. The number of rotatable bonds is 10. The molecule has 0 saturated heterocycles. The Balaban J connectivity index is 0.00000100. The lowest BCUT2D eigenvalue weighted by atomic mass is 9.97. The molecule has 0 unspecified atom stereocenters. The number of unbranched alkanes of at least 4 members (excludes halogenated alkanes) is 2. The van der Waals surface area contributed by atoms with Crippen molar-refractivity contribution in [2.45, 2.75) is 39.2 Å². The molecule has 2 heterocycles. The second kappa shape index (κ2) is 14.6. The molecule has 0 fully saturated rings. The average molecular weight is 505 g/mol. The lowest BCUT2D eigenvalue weighted by molar-refractivity contribution is -0.119. The van der Waals surface area contributed by atoms with Crippen LogP contribution in [-0.2, 0) is 22.6 Å². The Kier molecular flexibility index (Phi) is 11.9. The number of carbonyl (C=O) groups is 2. The molecule has 10 heteroatoms. The zero-order chi connectivity index (χ0) is 25.8. The highest BCUT2D eigenvalue weighted by Gasteiger charge is 2.23. The van der Waals surface area contributed by atoms with Gasteiger partial charge in [0.2, 0.25) is 5.91 Å². The van der Waals surface area contributed by atoms with Crippen molar-refractivity contribution in [1.82, 2.24) is 15.2 Å². The highest BCUT2D eigenvalue weighted by Crippen LogP contribution is 2.37. The molecule has 0 radical (unpaired) electrons. The number of aryl methyl sites for hydroxylation is 1. The molecule has 7 N–H and O–H groups in total. The third-order valence-electron chi connectivity index (χ3n) is 5.74. The van der Waals surface area contributed by atoms with Crippen molar-refractivity contribution in [3.05, 3.63) is 39.5 Å². The van der Waals surface area contributed by atoms with Gasteiger partial charge in [0.15, 0.2) is 0 Å². The summed E-state index contributed by atoms with van der Waals surface area (Å²) in [7, 11) is 2.12. The van der Waals surface area contributed by atoms with Crippen molar-refractivity contribution in [2.24, 2.45) is 16.5 Å². The fraction of sp³-hybridized carbons (Fsp3) is 0.480. The average Bonchev–Trinajstić information content (AvgIpc) is 3.23. The fourth-order valence-corrected chi connectivity index (χ4v) is 4.15. The molecule has 1 amide bonds. The molecule has 0 atom stereocenters. The molecule has 1 aromatic heterocycles. The van der Waals surface area contributed by atoms with Gasteiger partial charge in [-0.3, -0.25) is 9.79 Å². The SMILES string of the molecule is Cc1cc(/C(N)=C/C=NCC(=O)NCCCCCN)c2c3c([nH]c2c1Cl)CCN(C)C3.O=CCO. The third kappa shape index (κ3) is 8.17. The Labute approximate surface area is 211 Å². The Bertz CT molecular complexity index is 1060. The van der Waals surface area contributed by atoms with Crippen LogP contribution in [0.3, 0.4) is 0 Å². The predicted octanol–water partition coefficient (Wildman–Crippen LogP) is 1.91. The molecular formula is C25H37ClN6O3. The molecule has 0 bridgehead atoms. The summed E-state index contributed by atoms with van der Waals surface area (Å²) < 4.78 is 0. The number of aliphatic imine (C=N–C) groups is 1. The summed E-state index contributed by atoms with van der Waals surface area (Å²) in [5, 5.41) is 12.2. The van der Waals surface area contributed by atoms with Gasteiger partial charge in [0.1, 0.15) is 12.8 Å². The number of amides is 1. The van der Waals surface area contributed by atoms with Crippen molar-refractivity contribution in [3.63, 3.8) is 0 Å². The first-order valence-corrected chi connectivity index (χ1v) is 12.2. The van der Waals surface area contributed by atoms with Gasteiger partial charge in [-0.15, -0.1) is 0 Å². The maximum Gasteiger partial charge on any atom is 0.241 e. The van der Waals surface area contributed by atoms with Gasteiger partial charge in [0.05, 0.1) is 17.1 Å². The van der Waals surface area contributed by atoms with E-state index in [1.54, 1.807) is 12.3 Å². The summed E-state index contributed by atoms with van der Waals surface area (Å²) >= 11 is 6.61. The van der Waals surface area contributed by atoms with Gasteiger partial charge in [-0.2, -0.15) is 0 Å². The molecule has 35 heavy (non-hydrogen) atoms. The molecule has 1 aliphatic heterocycles. The first-order valence-electron chi connectivity index (χ1n) is 11.8. The third-order valence-corrected chi connectivity index (χ3v) is 6.23. The molecule has 192 valence electrons. The van der Waals surface area contributed by atoms with Gasteiger partial charge in [-0.05, 0) is 56.6 Å². The number of benzene rings is 1. The van der Waals surface area contributed by atoms with Gasteiger partial charge in [-0.1, -0.05) is 18.0 Å². The molecule has 0 saturated carbocycles. The van der Waals surface area contributed by atoms with Crippen LogP contribution in [-0.4, -0.2) is 73.2 Å². The maximum absolute atomic E-state index is 11.9. The number of aromatic nitrogens is 1. The molecule has 1 aromatic carbocycles. The number of nitrogens with zero attached hydrogens (tertiary/aromatic N) is 2.